The lowest BCUT2D eigenvalue weighted by Gasteiger charge is -2.25. The fourth-order valence-corrected chi connectivity index (χ4v) is 6.13. The standard InChI is InChI=1S/C27H22F3N3O5S2/c28-27(29,30)20-8-7-11-23(18-20)33(40(37,38)25-12-5-2-6-13-25)19-26(34)31-21-14-16-24(17-15-21)39(35,36)32-22-9-3-1-4-10-22/h1-18,32H,19H2,(H,31,34). The van der Waals surface area contributed by atoms with Gasteiger partial charge >= 0.3 is 6.18 Å². The summed E-state index contributed by atoms with van der Waals surface area (Å²) in [6.07, 6.45) is -4.74. The summed E-state index contributed by atoms with van der Waals surface area (Å²) in [6, 6.07) is 23.9. The summed E-state index contributed by atoms with van der Waals surface area (Å²) in [6.45, 7) is -0.853. The van der Waals surface area contributed by atoms with Gasteiger partial charge in [-0.05, 0) is 66.7 Å². The number of rotatable bonds is 9. The first-order valence-corrected chi connectivity index (χ1v) is 14.5. The summed E-state index contributed by atoms with van der Waals surface area (Å²) in [5.41, 5.74) is -0.944. The maximum Gasteiger partial charge on any atom is 0.416 e. The topological polar surface area (TPSA) is 113 Å². The Kier molecular flexibility index (Phi) is 8.16. The van der Waals surface area contributed by atoms with Gasteiger partial charge in [0.2, 0.25) is 5.91 Å². The molecule has 4 rings (SSSR count). The Bertz CT molecular complexity index is 1700. The molecule has 0 heterocycles. The monoisotopic (exact) mass is 589 g/mol. The molecule has 13 heteroatoms. The zero-order chi connectivity index (χ0) is 29.0. The van der Waals surface area contributed by atoms with Crippen molar-refractivity contribution in [3.63, 3.8) is 0 Å². The molecule has 0 atom stereocenters. The van der Waals surface area contributed by atoms with Crippen LogP contribution in [0.15, 0.2) is 119 Å². The predicted octanol–water partition coefficient (Wildman–Crippen LogP) is 5.34. The Balaban J connectivity index is 1.57. The van der Waals surface area contributed by atoms with Crippen LogP contribution in [0.4, 0.5) is 30.2 Å². The molecule has 0 aliphatic heterocycles. The van der Waals surface area contributed by atoms with Crippen LogP contribution in [0.5, 0.6) is 0 Å². The van der Waals surface area contributed by atoms with Crippen molar-refractivity contribution in [2.45, 2.75) is 16.0 Å². The first-order chi connectivity index (χ1) is 18.9. The third kappa shape index (κ3) is 6.79. The van der Waals surface area contributed by atoms with Crippen molar-refractivity contribution in [3.8, 4) is 0 Å². The van der Waals surface area contributed by atoms with Crippen molar-refractivity contribution < 1.29 is 34.8 Å². The van der Waals surface area contributed by atoms with Crippen molar-refractivity contribution in [1.82, 2.24) is 0 Å². The zero-order valence-electron chi connectivity index (χ0n) is 20.5. The molecule has 0 aliphatic carbocycles. The molecule has 2 N–H and O–H groups in total. The molecule has 0 radical (unpaired) electrons. The summed E-state index contributed by atoms with van der Waals surface area (Å²) >= 11 is 0. The average Bonchev–Trinajstić information content (AvgIpc) is 2.92. The van der Waals surface area contributed by atoms with Crippen LogP contribution in [-0.2, 0) is 31.0 Å². The molecule has 0 spiro atoms. The minimum Gasteiger partial charge on any atom is -0.325 e. The number of nitrogens with zero attached hydrogens (tertiary/aromatic N) is 1. The smallest absolute Gasteiger partial charge is 0.325 e. The van der Waals surface area contributed by atoms with Gasteiger partial charge in [-0.25, -0.2) is 16.8 Å². The largest absolute Gasteiger partial charge is 0.416 e. The zero-order valence-corrected chi connectivity index (χ0v) is 22.2. The first-order valence-electron chi connectivity index (χ1n) is 11.6. The number of carbonyl (C=O) groups is 1. The third-order valence-electron chi connectivity index (χ3n) is 5.55. The number of anilines is 3. The molecule has 0 aliphatic rings. The first kappa shape index (κ1) is 28.6. The second-order valence-corrected chi connectivity index (χ2v) is 12.0. The molecular weight excluding hydrogens is 567 g/mol. The van der Waals surface area contributed by atoms with Gasteiger partial charge in [0.25, 0.3) is 20.0 Å². The lowest BCUT2D eigenvalue weighted by atomic mass is 10.2. The summed E-state index contributed by atoms with van der Waals surface area (Å²) in [7, 11) is -8.36. The van der Waals surface area contributed by atoms with Crippen molar-refractivity contribution in [2.75, 3.05) is 20.9 Å². The third-order valence-corrected chi connectivity index (χ3v) is 8.74. The summed E-state index contributed by atoms with van der Waals surface area (Å²) in [5.74, 6) is -0.866. The number of nitrogens with one attached hydrogen (secondary N) is 2. The molecule has 0 bridgehead atoms. The number of para-hydroxylation sites is 1. The van der Waals surface area contributed by atoms with E-state index in [4.69, 9.17) is 0 Å². The molecule has 40 heavy (non-hydrogen) atoms. The van der Waals surface area contributed by atoms with E-state index in [0.29, 0.717) is 16.1 Å². The van der Waals surface area contributed by atoms with Crippen molar-refractivity contribution in [3.05, 3.63) is 115 Å². The van der Waals surface area contributed by atoms with E-state index in [-0.39, 0.29) is 21.2 Å². The number of halogens is 3. The predicted molar refractivity (Wildman–Crippen MR) is 145 cm³/mol. The molecule has 1 amide bonds. The summed E-state index contributed by atoms with van der Waals surface area (Å²) in [4.78, 5) is 12.6. The molecule has 0 aromatic heterocycles. The number of alkyl halides is 3. The summed E-state index contributed by atoms with van der Waals surface area (Å²) in [5, 5.41) is 2.46. The maximum absolute atomic E-state index is 13.4. The highest BCUT2D eigenvalue weighted by atomic mass is 32.2. The van der Waals surface area contributed by atoms with Gasteiger partial charge in [0.15, 0.2) is 0 Å². The van der Waals surface area contributed by atoms with Gasteiger partial charge < -0.3 is 5.32 Å². The molecule has 0 unspecified atom stereocenters. The molecule has 0 saturated carbocycles. The van der Waals surface area contributed by atoms with Gasteiger partial charge in [0, 0.05) is 11.4 Å². The van der Waals surface area contributed by atoms with E-state index in [9.17, 15) is 34.8 Å². The Hall–Kier alpha value is -4.36. The van der Waals surface area contributed by atoms with E-state index in [1.807, 2.05) is 0 Å². The molecule has 4 aromatic carbocycles. The van der Waals surface area contributed by atoms with Crippen molar-refractivity contribution in [2.24, 2.45) is 0 Å². The van der Waals surface area contributed by atoms with Gasteiger partial charge in [-0.2, -0.15) is 13.2 Å². The van der Waals surface area contributed by atoms with Gasteiger partial charge in [-0.15, -0.1) is 0 Å². The fourth-order valence-electron chi connectivity index (χ4n) is 3.64. The van der Waals surface area contributed by atoms with Crippen molar-refractivity contribution >= 4 is 43.0 Å². The molecular formula is C27H22F3N3O5S2. The average molecular weight is 590 g/mol. The highest BCUT2D eigenvalue weighted by molar-refractivity contribution is 7.93. The Morgan fingerprint density at radius 3 is 1.90 bits per heavy atom. The fraction of sp³-hybridized carbons (Fsp3) is 0.0741. The lowest BCUT2D eigenvalue weighted by Crippen LogP contribution is -2.38. The Labute approximate surface area is 229 Å². The van der Waals surface area contributed by atoms with E-state index < -0.39 is 44.2 Å². The minimum atomic E-state index is -4.74. The number of hydrogen-bond donors (Lipinski definition) is 2. The van der Waals surface area contributed by atoms with Crippen LogP contribution in [0.25, 0.3) is 0 Å². The number of carbonyl (C=O) groups excluding carboxylic acids is 1. The van der Waals surface area contributed by atoms with E-state index in [2.05, 4.69) is 10.0 Å². The van der Waals surface area contributed by atoms with E-state index in [1.54, 1.807) is 36.4 Å². The Morgan fingerprint density at radius 2 is 1.30 bits per heavy atom. The van der Waals surface area contributed by atoms with Crippen LogP contribution >= 0.6 is 0 Å². The van der Waals surface area contributed by atoms with Gasteiger partial charge in [-0.3, -0.25) is 13.8 Å². The second-order valence-electron chi connectivity index (χ2n) is 8.42. The van der Waals surface area contributed by atoms with Gasteiger partial charge in [-0.1, -0.05) is 42.5 Å². The van der Waals surface area contributed by atoms with Crippen LogP contribution in [0.2, 0.25) is 0 Å². The maximum atomic E-state index is 13.4. The molecule has 8 nitrogen and oxygen atoms in total. The van der Waals surface area contributed by atoms with E-state index >= 15 is 0 Å². The lowest BCUT2D eigenvalue weighted by molar-refractivity contribution is -0.137. The van der Waals surface area contributed by atoms with Crippen LogP contribution in [0, 0.1) is 0 Å². The van der Waals surface area contributed by atoms with Crippen LogP contribution in [-0.4, -0.2) is 29.3 Å². The summed E-state index contributed by atoms with van der Waals surface area (Å²) < 4.78 is 95.0. The molecule has 208 valence electrons. The molecule has 0 fully saturated rings. The Morgan fingerprint density at radius 1 is 0.700 bits per heavy atom. The normalized spacial score (nSPS) is 12.0. The SMILES string of the molecule is O=C(CN(c1cccc(C(F)(F)F)c1)S(=O)(=O)c1ccccc1)Nc1ccc(S(=O)(=O)Nc2ccccc2)cc1. The highest BCUT2D eigenvalue weighted by Gasteiger charge is 2.33. The van der Waals surface area contributed by atoms with Crippen LogP contribution in [0.3, 0.4) is 0 Å². The number of sulfonamides is 2. The van der Waals surface area contributed by atoms with Crippen molar-refractivity contribution in [1.29, 1.82) is 0 Å². The molecule has 4 aromatic rings. The molecule has 0 saturated heterocycles. The number of hydrogen-bond acceptors (Lipinski definition) is 5. The second kappa shape index (κ2) is 11.4. The van der Waals surface area contributed by atoms with E-state index in [1.165, 1.54) is 48.5 Å². The minimum absolute atomic E-state index is 0.0911. The van der Waals surface area contributed by atoms with Crippen LogP contribution < -0.4 is 14.3 Å². The van der Waals surface area contributed by atoms with Gasteiger partial charge in [0.1, 0.15) is 6.54 Å². The van der Waals surface area contributed by atoms with E-state index in [0.717, 1.165) is 18.2 Å². The highest BCUT2D eigenvalue weighted by Crippen LogP contribution is 2.33. The quantitative estimate of drug-likeness (QED) is 0.274. The van der Waals surface area contributed by atoms with Gasteiger partial charge in [0.05, 0.1) is 21.0 Å². The van der Waals surface area contributed by atoms with Crippen LogP contribution in [0.1, 0.15) is 5.56 Å². The number of benzene rings is 4. The number of amides is 1.